The number of nitrogens with one attached hydrogen (secondary N) is 1. The highest BCUT2D eigenvalue weighted by Gasteiger charge is 2.51. The predicted octanol–water partition coefficient (Wildman–Crippen LogP) is 1.77. The first-order valence-electron chi connectivity index (χ1n) is 6.56. The lowest BCUT2D eigenvalue weighted by Gasteiger charge is -2.17. The molecule has 2 N–H and O–H groups in total. The van der Waals surface area contributed by atoms with Crippen LogP contribution in [0.1, 0.15) is 43.4 Å². The molecule has 0 aliphatic heterocycles. The number of hydrogen-bond acceptors (Lipinski definition) is 4. The van der Waals surface area contributed by atoms with Crippen molar-refractivity contribution >= 4 is 11.8 Å². The summed E-state index contributed by atoms with van der Waals surface area (Å²) in [5, 5.41) is 12.4. The number of carbonyl (C=O) groups is 1. The quantitative estimate of drug-likeness (QED) is 0.796. The minimum absolute atomic E-state index is 0.682. The van der Waals surface area contributed by atoms with Gasteiger partial charge in [-0.05, 0) is 38.5 Å². The van der Waals surface area contributed by atoms with Gasteiger partial charge >= 0.3 is 5.97 Å². The number of rotatable bonds is 3. The van der Waals surface area contributed by atoms with Crippen LogP contribution in [-0.4, -0.2) is 26.6 Å². The molecule has 1 saturated carbocycles. The molecule has 96 valence electrons. The Balaban J connectivity index is 1.90. The van der Waals surface area contributed by atoms with Gasteiger partial charge in [0.2, 0.25) is 0 Å². The van der Waals surface area contributed by atoms with Gasteiger partial charge in [-0.3, -0.25) is 0 Å². The summed E-state index contributed by atoms with van der Waals surface area (Å²) in [5.41, 5.74) is 1.45. The summed E-state index contributed by atoms with van der Waals surface area (Å²) in [4.78, 5) is 19.8. The van der Waals surface area contributed by atoms with E-state index in [4.69, 9.17) is 0 Å². The second-order valence-electron chi connectivity index (χ2n) is 5.22. The topological polar surface area (TPSA) is 75.1 Å². The van der Waals surface area contributed by atoms with Gasteiger partial charge in [0.25, 0.3) is 0 Å². The van der Waals surface area contributed by atoms with Gasteiger partial charge < -0.3 is 10.4 Å². The number of aryl methyl sites for hydroxylation is 1. The molecule has 0 atom stereocenters. The lowest BCUT2D eigenvalue weighted by Crippen LogP contribution is -2.32. The predicted molar refractivity (Wildman–Crippen MR) is 66.5 cm³/mol. The average molecular weight is 247 g/mol. The molecule has 5 nitrogen and oxygen atoms in total. The summed E-state index contributed by atoms with van der Waals surface area (Å²) in [7, 11) is 0. The maximum absolute atomic E-state index is 11.2. The minimum Gasteiger partial charge on any atom is -0.480 e. The number of aromatic nitrogens is 2. The molecule has 2 aliphatic rings. The van der Waals surface area contributed by atoms with Crippen molar-refractivity contribution in [2.45, 2.75) is 50.5 Å². The van der Waals surface area contributed by atoms with E-state index in [1.807, 2.05) is 0 Å². The summed E-state index contributed by atoms with van der Waals surface area (Å²) in [5.74, 6) is -0.0368. The van der Waals surface area contributed by atoms with Crippen LogP contribution in [0.4, 0.5) is 5.82 Å². The van der Waals surface area contributed by atoms with E-state index in [1.165, 1.54) is 6.42 Å². The Labute approximate surface area is 106 Å². The molecule has 1 aromatic rings. The Morgan fingerprint density at radius 1 is 1.22 bits per heavy atom. The third-order valence-corrected chi connectivity index (χ3v) is 3.89. The Morgan fingerprint density at radius 2 is 2.00 bits per heavy atom. The van der Waals surface area contributed by atoms with E-state index in [2.05, 4.69) is 15.3 Å². The fraction of sp³-hybridized carbons (Fsp3) is 0.615. The van der Waals surface area contributed by atoms with E-state index in [9.17, 15) is 9.90 Å². The number of aliphatic carboxylic acids is 1. The van der Waals surface area contributed by atoms with Crippen LogP contribution in [0, 0.1) is 0 Å². The Kier molecular flexibility index (Phi) is 2.69. The zero-order valence-electron chi connectivity index (χ0n) is 10.3. The molecule has 0 amide bonds. The highest BCUT2D eigenvalue weighted by atomic mass is 16.4. The number of anilines is 1. The first-order valence-corrected chi connectivity index (χ1v) is 6.56. The number of fused-ring (bicyclic) bond motifs is 1. The van der Waals surface area contributed by atoms with Crippen molar-refractivity contribution in [1.82, 2.24) is 9.97 Å². The van der Waals surface area contributed by atoms with Gasteiger partial charge in [0.05, 0.1) is 0 Å². The molecule has 0 saturated heterocycles. The summed E-state index contributed by atoms with van der Waals surface area (Å²) < 4.78 is 0. The molecule has 0 aromatic carbocycles. The van der Waals surface area contributed by atoms with Crippen LogP contribution in [0.15, 0.2) is 6.33 Å². The van der Waals surface area contributed by atoms with Crippen molar-refractivity contribution in [3.8, 4) is 0 Å². The Hall–Kier alpha value is -1.65. The zero-order chi connectivity index (χ0) is 12.6. The zero-order valence-corrected chi connectivity index (χ0v) is 10.3. The van der Waals surface area contributed by atoms with Crippen LogP contribution in [0.5, 0.6) is 0 Å². The van der Waals surface area contributed by atoms with Crippen LogP contribution in [0.3, 0.4) is 0 Å². The lowest BCUT2D eigenvalue weighted by molar-refractivity contribution is -0.138. The van der Waals surface area contributed by atoms with Gasteiger partial charge in [0.15, 0.2) is 0 Å². The van der Waals surface area contributed by atoms with Crippen LogP contribution in [0.25, 0.3) is 0 Å². The van der Waals surface area contributed by atoms with Crippen LogP contribution in [-0.2, 0) is 17.6 Å². The van der Waals surface area contributed by atoms with Crippen molar-refractivity contribution in [3.05, 3.63) is 17.6 Å². The molecular weight excluding hydrogens is 230 g/mol. The largest absolute Gasteiger partial charge is 0.480 e. The molecule has 2 aliphatic carbocycles. The van der Waals surface area contributed by atoms with E-state index in [0.29, 0.717) is 12.8 Å². The number of carboxylic acids is 1. The van der Waals surface area contributed by atoms with Crippen molar-refractivity contribution in [2.75, 3.05) is 5.32 Å². The molecule has 5 heteroatoms. The average Bonchev–Trinajstić information content (AvgIpc) is 3.13. The lowest BCUT2D eigenvalue weighted by atomic mass is 10.1. The van der Waals surface area contributed by atoms with E-state index < -0.39 is 11.5 Å². The van der Waals surface area contributed by atoms with Gasteiger partial charge in [-0.1, -0.05) is 6.42 Å². The molecule has 1 aromatic heterocycles. The summed E-state index contributed by atoms with van der Waals surface area (Å²) in [6, 6.07) is 0. The standard InChI is InChI=1S/C13H17N3O2/c17-12(18)13(6-7-13)16-11-9-4-2-1-3-5-10(9)14-8-15-11/h8H,1-7H2,(H,17,18)(H,14,15,16). The van der Waals surface area contributed by atoms with Gasteiger partial charge in [0, 0.05) is 11.3 Å². The van der Waals surface area contributed by atoms with Gasteiger partial charge in [-0.25, -0.2) is 14.8 Å². The molecule has 0 spiro atoms. The first-order chi connectivity index (χ1) is 8.71. The molecule has 0 bridgehead atoms. The third-order valence-electron chi connectivity index (χ3n) is 3.89. The molecule has 18 heavy (non-hydrogen) atoms. The first kappa shape index (κ1) is 11.4. The summed E-state index contributed by atoms with van der Waals surface area (Å²) >= 11 is 0. The molecule has 0 unspecified atom stereocenters. The fourth-order valence-electron chi connectivity index (χ4n) is 2.55. The van der Waals surface area contributed by atoms with Crippen LogP contribution >= 0.6 is 0 Å². The smallest absolute Gasteiger partial charge is 0.329 e. The van der Waals surface area contributed by atoms with Gasteiger partial charge in [-0.15, -0.1) is 0 Å². The van der Waals surface area contributed by atoms with Crippen molar-refractivity contribution in [3.63, 3.8) is 0 Å². The van der Waals surface area contributed by atoms with E-state index in [-0.39, 0.29) is 0 Å². The number of carboxylic acid groups (broad SMARTS) is 1. The monoisotopic (exact) mass is 247 g/mol. The van der Waals surface area contributed by atoms with Crippen LogP contribution in [0.2, 0.25) is 0 Å². The van der Waals surface area contributed by atoms with E-state index >= 15 is 0 Å². The maximum Gasteiger partial charge on any atom is 0.329 e. The maximum atomic E-state index is 11.2. The summed E-state index contributed by atoms with van der Waals surface area (Å²) in [6.45, 7) is 0. The molecular formula is C13H17N3O2. The highest BCUT2D eigenvalue weighted by molar-refractivity contribution is 5.86. The Morgan fingerprint density at radius 3 is 2.72 bits per heavy atom. The van der Waals surface area contributed by atoms with E-state index in [1.54, 1.807) is 6.33 Å². The number of nitrogens with zero attached hydrogens (tertiary/aromatic N) is 2. The molecule has 3 rings (SSSR count). The second kappa shape index (κ2) is 4.23. The third kappa shape index (κ3) is 1.94. The van der Waals surface area contributed by atoms with E-state index in [0.717, 1.165) is 42.8 Å². The molecule has 0 radical (unpaired) electrons. The number of hydrogen-bond donors (Lipinski definition) is 2. The van der Waals surface area contributed by atoms with Gasteiger partial charge in [0.1, 0.15) is 17.7 Å². The fourth-order valence-corrected chi connectivity index (χ4v) is 2.55. The van der Waals surface area contributed by atoms with Crippen molar-refractivity contribution in [2.24, 2.45) is 0 Å². The highest BCUT2D eigenvalue weighted by Crippen LogP contribution is 2.40. The van der Waals surface area contributed by atoms with Crippen molar-refractivity contribution in [1.29, 1.82) is 0 Å². The molecule has 1 fully saturated rings. The summed E-state index contributed by atoms with van der Waals surface area (Å²) in [6.07, 6.45) is 8.34. The molecule has 1 heterocycles. The van der Waals surface area contributed by atoms with Crippen molar-refractivity contribution < 1.29 is 9.90 Å². The minimum atomic E-state index is -0.775. The Bertz CT molecular complexity index is 483. The normalized spacial score (nSPS) is 20.7. The second-order valence-corrected chi connectivity index (χ2v) is 5.22. The van der Waals surface area contributed by atoms with Crippen LogP contribution < -0.4 is 5.32 Å². The SMILES string of the molecule is O=C(O)C1(Nc2ncnc3c2CCCCC3)CC1. The van der Waals surface area contributed by atoms with Gasteiger partial charge in [-0.2, -0.15) is 0 Å².